The molecule has 1 unspecified atom stereocenters. The van der Waals surface area contributed by atoms with Gasteiger partial charge in [-0.3, -0.25) is 14.5 Å². The van der Waals surface area contributed by atoms with Crippen molar-refractivity contribution in [2.45, 2.75) is 36.9 Å². The van der Waals surface area contributed by atoms with Crippen LogP contribution in [-0.2, 0) is 29.3 Å². The van der Waals surface area contributed by atoms with Crippen molar-refractivity contribution in [1.82, 2.24) is 30.3 Å². The van der Waals surface area contributed by atoms with Crippen LogP contribution in [0.2, 0.25) is 0 Å². The molecule has 3 aromatic rings. The molecular formula is C20H21N7O2S. The fourth-order valence-corrected chi connectivity index (χ4v) is 4.95. The number of carbonyl (C=O) groups excluding carboxylic acids is 2. The van der Waals surface area contributed by atoms with Crippen molar-refractivity contribution < 1.29 is 9.59 Å². The maximum atomic E-state index is 13.0. The van der Waals surface area contributed by atoms with Crippen molar-refractivity contribution in [3.63, 3.8) is 0 Å². The Balaban J connectivity index is 1.28. The van der Waals surface area contributed by atoms with Gasteiger partial charge in [0.2, 0.25) is 5.82 Å². The molecule has 2 aliphatic heterocycles. The third kappa shape index (κ3) is 3.36. The summed E-state index contributed by atoms with van der Waals surface area (Å²) in [5.41, 5.74) is 3.26. The molecule has 2 aromatic heterocycles. The summed E-state index contributed by atoms with van der Waals surface area (Å²) >= 11 is 1.80. The molecule has 9 nitrogen and oxygen atoms in total. The van der Waals surface area contributed by atoms with E-state index in [4.69, 9.17) is 0 Å². The molecule has 0 saturated heterocycles. The van der Waals surface area contributed by atoms with Crippen LogP contribution in [-0.4, -0.2) is 49.9 Å². The third-order valence-corrected chi connectivity index (χ3v) is 6.40. The van der Waals surface area contributed by atoms with Crippen molar-refractivity contribution in [3.05, 3.63) is 58.8 Å². The molecule has 0 aliphatic carbocycles. The highest BCUT2D eigenvalue weighted by molar-refractivity contribution is 7.98. The summed E-state index contributed by atoms with van der Waals surface area (Å²) in [6, 6.07) is 9.18. The summed E-state index contributed by atoms with van der Waals surface area (Å²) in [5.74, 6) is 2.72. The van der Waals surface area contributed by atoms with E-state index >= 15 is 0 Å². The van der Waals surface area contributed by atoms with E-state index in [1.165, 1.54) is 0 Å². The van der Waals surface area contributed by atoms with Crippen molar-refractivity contribution in [3.8, 4) is 0 Å². The molecule has 154 valence electrons. The Kier molecular flexibility index (Phi) is 4.78. The van der Waals surface area contributed by atoms with Gasteiger partial charge in [0.1, 0.15) is 17.7 Å². The molecule has 2 aliphatic rings. The zero-order valence-corrected chi connectivity index (χ0v) is 17.3. The van der Waals surface area contributed by atoms with Crippen LogP contribution in [0.4, 0.5) is 5.82 Å². The minimum absolute atomic E-state index is 0.107. The molecule has 1 aromatic carbocycles. The maximum absolute atomic E-state index is 13.0. The largest absolute Gasteiger partial charge is 0.337 e. The predicted molar refractivity (Wildman–Crippen MR) is 112 cm³/mol. The number of fused-ring (bicyclic) bond motifs is 3. The van der Waals surface area contributed by atoms with Gasteiger partial charge in [-0.05, 0) is 12.0 Å². The van der Waals surface area contributed by atoms with Crippen LogP contribution in [0, 0.1) is 0 Å². The van der Waals surface area contributed by atoms with Gasteiger partial charge in [-0.15, -0.1) is 10.2 Å². The van der Waals surface area contributed by atoms with Crippen LogP contribution in [0.5, 0.6) is 0 Å². The first-order valence-electron chi connectivity index (χ1n) is 9.80. The average Bonchev–Trinajstić information content (AvgIpc) is 3.45. The number of rotatable bonds is 4. The van der Waals surface area contributed by atoms with Crippen molar-refractivity contribution in [2.75, 3.05) is 11.9 Å². The lowest BCUT2D eigenvalue weighted by Gasteiger charge is -2.21. The molecule has 0 saturated carbocycles. The molecule has 2 N–H and O–H groups in total. The lowest BCUT2D eigenvalue weighted by atomic mass is 10.1. The van der Waals surface area contributed by atoms with E-state index in [2.05, 4.69) is 25.6 Å². The first kappa shape index (κ1) is 18.9. The van der Waals surface area contributed by atoms with Gasteiger partial charge in [0.05, 0.1) is 5.69 Å². The van der Waals surface area contributed by atoms with Crippen LogP contribution in [0.3, 0.4) is 0 Å². The van der Waals surface area contributed by atoms with Gasteiger partial charge >= 0.3 is 0 Å². The fraction of sp³-hybridized carbons (Fsp3) is 0.350. The van der Waals surface area contributed by atoms with Gasteiger partial charge in [0, 0.05) is 37.1 Å². The van der Waals surface area contributed by atoms with Crippen molar-refractivity contribution >= 4 is 29.4 Å². The van der Waals surface area contributed by atoms with E-state index in [1.807, 2.05) is 35.0 Å². The predicted octanol–water partition coefficient (Wildman–Crippen LogP) is 1.50. The zero-order valence-electron chi connectivity index (χ0n) is 16.5. The number of hydrogen-bond donors (Lipinski definition) is 2. The summed E-state index contributed by atoms with van der Waals surface area (Å²) in [5, 5.41) is 15.5. The third-order valence-electron chi connectivity index (χ3n) is 5.43. The van der Waals surface area contributed by atoms with Crippen molar-refractivity contribution in [1.29, 1.82) is 0 Å². The highest BCUT2D eigenvalue weighted by atomic mass is 32.2. The number of carbonyl (C=O) groups is 2. The van der Waals surface area contributed by atoms with E-state index in [1.54, 1.807) is 23.7 Å². The fourth-order valence-electron chi connectivity index (χ4n) is 3.92. The van der Waals surface area contributed by atoms with Gasteiger partial charge in [0.15, 0.2) is 0 Å². The highest BCUT2D eigenvalue weighted by Gasteiger charge is 2.35. The number of nitrogens with one attached hydrogen (secondary N) is 2. The molecular weight excluding hydrogens is 402 g/mol. The molecule has 30 heavy (non-hydrogen) atoms. The number of benzene rings is 1. The van der Waals surface area contributed by atoms with Crippen molar-refractivity contribution in [2.24, 2.45) is 0 Å². The number of aromatic amines is 1. The Labute approximate surface area is 177 Å². The topological polar surface area (TPSA) is 109 Å². The first-order valence-corrected chi connectivity index (χ1v) is 11.0. The van der Waals surface area contributed by atoms with Gasteiger partial charge in [-0.1, -0.05) is 30.3 Å². The number of aromatic nitrogens is 5. The normalized spacial score (nSPS) is 18.1. The quantitative estimate of drug-likeness (QED) is 0.658. The molecule has 1 atom stereocenters. The zero-order chi connectivity index (χ0) is 20.7. The SMILES string of the molecule is CN1C(=O)C(NC(=O)c2nnc(Cc3ccccc3)[nH]2)CCn2nc3c(c21)CSC3. The number of thioether (sulfide) groups is 1. The monoisotopic (exact) mass is 423 g/mol. The number of H-pyrrole nitrogens is 1. The van der Waals surface area contributed by atoms with Gasteiger partial charge in [-0.25, -0.2) is 4.68 Å². The Morgan fingerprint density at radius 2 is 2.10 bits per heavy atom. The van der Waals surface area contributed by atoms with Crippen LogP contribution in [0.15, 0.2) is 30.3 Å². The number of amides is 2. The second-order valence-electron chi connectivity index (χ2n) is 7.46. The van der Waals surface area contributed by atoms with Crippen LogP contribution >= 0.6 is 11.8 Å². The van der Waals surface area contributed by atoms with E-state index in [9.17, 15) is 9.59 Å². The summed E-state index contributed by atoms with van der Waals surface area (Å²) in [4.78, 5) is 30.3. The maximum Gasteiger partial charge on any atom is 0.289 e. The van der Waals surface area contributed by atoms with Crippen LogP contribution < -0.4 is 10.2 Å². The minimum Gasteiger partial charge on any atom is -0.337 e. The minimum atomic E-state index is -0.642. The average molecular weight is 424 g/mol. The first-order chi connectivity index (χ1) is 14.6. The molecule has 0 radical (unpaired) electrons. The summed E-state index contributed by atoms with van der Waals surface area (Å²) in [6.45, 7) is 0.573. The van der Waals surface area contributed by atoms with E-state index in [0.29, 0.717) is 25.2 Å². The standard InChI is InChI=1S/C20H21N7O2S/c1-26-19-13-10-30-11-15(13)25-27(19)8-7-14(20(26)29)21-18(28)17-22-16(23-24-17)9-12-5-3-2-4-6-12/h2-6,14H,7-11H2,1H3,(H,21,28)(H,22,23,24). The lowest BCUT2D eigenvalue weighted by Crippen LogP contribution is -2.47. The summed E-state index contributed by atoms with van der Waals surface area (Å²) in [6.07, 6.45) is 1.02. The number of anilines is 1. The van der Waals surface area contributed by atoms with Gasteiger partial charge in [-0.2, -0.15) is 16.9 Å². The van der Waals surface area contributed by atoms with E-state index in [0.717, 1.165) is 34.1 Å². The Bertz CT molecular complexity index is 1110. The lowest BCUT2D eigenvalue weighted by molar-refractivity contribution is -0.120. The highest BCUT2D eigenvalue weighted by Crippen LogP contribution is 2.37. The number of hydrogen-bond acceptors (Lipinski definition) is 6. The Morgan fingerprint density at radius 3 is 2.93 bits per heavy atom. The molecule has 0 bridgehead atoms. The Hall–Kier alpha value is -3.14. The molecule has 10 heteroatoms. The molecule has 5 rings (SSSR count). The number of nitrogens with zero attached hydrogens (tertiary/aromatic N) is 5. The molecule has 4 heterocycles. The van der Waals surface area contributed by atoms with Gasteiger partial charge in [0.25, 0.3) is 11.8 Å². The second-order valence-corrected chi connectivity index (χ2v) is 8.45. The molecule has 0 spiro atoms. The van der Waals surface area contributed by atoms with Gasteiger partial charge < -0.3 is 10.3 Å². The summed E-state index contributed by atoms with van der Waals surface area (Å²) in [7, 11) is 1.75. The molecule has 2 amide bonds. The second kappa shape index (κ2) is 7.60. The Morgan fingerprint density at radius 1 is 1.27 bits per heavy atom. The molecule has 0 fully saturated rings. The summed E-state index contributed by atoms with van der Waals surface area (Å²) < 4.78 is 1.89. The van der Waals surface area contributed by atoms with Crippen LogP contribution in [0.1, 0.15) is 39.7 Å². The number of aryl methyl sites for hydroxylation is 1. The van der Waals surface area contributed by atoms with E-state index < -0.39 is 11.9 Å². The van der Waals surface area contributed by atoms with E-state index in [-0.39, 0.29) is 11.7 Å². The smallest absolute Gasteiger partial charge is 0.289 e. The van der Waals surface area contributed by atoms with Crippen LogP contribution in [0.25, 0.3) is 0 Å². The number of likely N-dealkylation sites (N-methyl/N-ethyl adjacent to an activating group) is 1.